The van der Waals surface area contributed by atoms with E-state index in [1.165, 1.54) is 17.8 Å². The van der Waals surface area contributed by atoms with Crippen molar-refractivity contribution in [2.24, 2.45) is 0 Å². The van der Waals surface area contributed by atoms with Crippen LogP contribution in [0.2, 0.25) is 0 Å². The molecule has 0 spiro atoms. The Kier molecular flexibility index (Phi) is 11.5. The predicted molar refractivity (Wildman–Crippen MR) is 205 cm³/mol. The number of benzene rings is 5. The van der Waals surface area contributed by atoms with Gasteiger partial charge < -0.3 is 25.1 Å². The van der Waals surface area contributed by atoms with Crippen LogP contribution in [0.5, 0.6) is 5.75 Å². The molecule has 0 aliphatic rings. The summed E-state index contributed by atoms with van der Waals surface area (Å²) in [4.78, 5) is 41.1. The SMILES string of the molecule is COc1cccc(NC(=O)[C@H](Sc2ccc(NC(=O)/C(=C/c3ccc(-c4ccc(Br)cc4)o3)NC(=O)c3ccccc3)cc2)c2ccccc2)c1. The highest BCUT2D eigenvalue weighted by atomic mass is 79.9. The van der Waals surface area contributed by atoms with Gasteiger partial charge in [-0.1, -0.05) is 82.7 Å². The summed E-state index contributed by atoms with van der Waals surface area (Å²) in [7, 11) is 1.58. The summed E-state index contributed by atoms with van der Waals surface area (Å²) < 4.78 is 12.3. The molecular formula is C41H32BrN3O5S. The van der Waals surface area contributed by atoms with Crippen molar-refractivity contribution in [2.45, 2.75) is 10.1 Å². The van der Waals surface area contributed by atoms with E-state index in [0.29, 0.717) is 34.2 Å². The zero-order valence-electron chi connectivity index (χ0n) is 27.3. The number of methoxy groups -OCH3 is 1. The molecule has 5 aromatic carbocycles. The van der Waals surface area contributed by atoms with Gasteiger partial charge in [-0.3, -0.25) is 14.4 Å². The molecule has 1 atom stereocenters. The van der Waals surface area contributed by atoms with Crippen molar-refractivity contribution >= 4 is 62.9 Å². The first-order valence-electron chi connectivity index (χ1n) is 15.9. The molecule has 0 saturated carbocycles. The van der Waals surface area contributed by atoms with Crippen molar-refractivity contribution in [2.75, 3.05) is 17.7 Å². The molecule has 6 aromatic rings. The number of carbonyl (C=O) groups excluding carboxylic acids is 3. The van der Waals surface area contributed by atoms with Gasteiger partial charge in [-0.15, -0.1) is 11.8 Å². The molecule has 0 bridgehead atoms. The van der Waals surface area contributed by atoms with Crippen LogP contribution in [0.4, 0.5) is 11.4 Å². The third-order valence-corrected chi connectivity index (χ3v) is 9.41. The Morgan fingerprint density at radius 1 is 0.745 bits per heavy atom. The van der Waals surface area contributed by atoms with E-state index in [9.17, 15) is 14.4 Å². The number of halogens is 1. The fourth-order valence-corrected chi connectivity index (χ4v) is 6.33. The molecule has 0 unspecified atom stereocenters. The van der Waals surface area contributed by atoms with E-state index < -0.39 is 17.1 Å². The highest BCUT2D eigenvalue weighted by molar-refractivity contribution is 9.10. The van der Waals surface area contributed by atoms with Crippen molar-refractivity contribution in [3.63, 3.8) is 0 Å². The molecule has 51 heavy (non-hydrogen) atoms. The van der Waals surface area contributed by atoms with Crippen LogP contribution < -0.4 is 20.7 Å². The summed E-state index contributed by atoms with van der Waals surface area (Å²) >= 11 is 4.82. The molecule has 0 aliphatic heterocycles. The Morgan fingerprint density at radius 2 is 1.45 bits per heavy atom. The van der Waals surface area contributed by atoms with Crippen LogP contribution in [0.15, 0.2) is 165 Å². The minimum absolute atomic E-state index is 0.00244. The van der Waals surface area contributed by atoms with Gasteiger partial charge >= 0.3 is 0 Å². The fourth-order valence-electron chi connectivity index (χ4n) is 5.05. The Hall–Kier alpha value is -5.84. The molecule has 8 nitrogen and oxygen atoms in total. The van der Waals surface area contributed by atoms with Crippen LogP contribution in [-0.4, -0.2) is 24.8 Å². The van der Waals surface area contributed by atoms with Gasteiger partial charge in [-0.05, 0) is 78.4 Å². The Morgan fingerprint density at radius 3 is 2.16 bits per heavy atom. The zero-order chi connectivity index (χ0) is 35.6. The second-order valence-corrected chi connectivity index (χ2v) is 13.3. The summed E-state index contributed by atoms with van der Waals surface area (Å²) in [5, 5.41) is 8.05. The molecule has 0 saturated heterocycles. The van der Waals surface area contributed by atoms with Crippen molar-refractivity contribution in [1.82, 2.24) is 5.32 Å². The largest absolute Gasteiger partial charge is 0.497 e. The van der Waals surface area contributed by atoms with Crippen LogP contribution in [0.25, 0.3) is 17.4 Å². The summed E-state index contributed by atoms with van der Waals surface area (Å²) in [6, 6.07) is 43.7. The smallest absolute Gasteiger partial charge is 0.272 e. The molecule has 0 radical (unpaired) electrons. The van der Waals surface area contributed by atoms with Gasteiger partial charge in [0.15, 0.2) is 0 Å². The third-order valence-electron chi connectivity index (χ3n) is 7.61. The average Bonchev–Trinajstić information content (AvgIpc) is 3.63. The van der Waals surface area contributed by atoms with Gasteiger partial charge in [0.2, 0.25) is 5.91 Å². The van der Waals surface area contributed by atoms with Gasteiger partial charge in [0.25, 0.3) is 11.8 Å². The Bertz CT molecular complexity index is 2150. The second-order valence-electron chi connectivity index (χ2n) is 11.2. The number of ether oxygens (including phenoxy) is 1. The maximum Gasteiger partial charge on any atom is 0.272 e. The number of thioether (sulfide) groups is 1. The lowest BCUT2D eigenvalue weighted by Crippen LogP contribution is -2.30. The maximum absolute atomic E-state index is 13.6. The van der Waals surface area contributed by atoms with E-state index in [1.807, 2.05) is 91.0 Å². The molecule has 1 aromatic heterocycles. The molecular weight excluding hydrogens is 726 g/mol. The number of furan rings is 1. The zero-order valence-corrected chi connectivity index (χ0v) is 29.7. The highest BCUT2D eigenvalue weighted by Gasteiger charge is 2.23. The average molecular weight is 759 g/mol. The van der Waals surface area contributed by atoms with Crippen molar-refractivity contribution in [1.29, 1.82) is 0 Å². The first kappa shape index (κ1) is 35.0. The predicted octanol–water partition coefficient (Wildman–Crippen LogP) is 9.60. The lowest BCUT2D eigenvalue weighted by Gasteiger charge is -2.18. The number of rotatable bonds is 12. The van der Waals surface area contributed by atoms with Crippen molar-refractivity contribution in [3.8, 4) is 17.1 Å². The number of amides is 3. The van der Waals surface area contributed by atoms with E-state index >= 15 is 0 Å². The number of hydrogen-bond donors (Lipinski definition) is 3. The minimum atomic E-state index is -0.559. The van der Waals surface area contributed by atoms with Gasteiger partial charge in [-0.2, -0.15) is 0 Å². The van der Waals surface area contributed by atoms with Crippen LogP contribution in [0.1, 0.15) is 26.9 Å². The van der Waals surface area contributed by atoms with Gasteiger partial charge in [0.05, 0.1) is 7.11 Å². The first-order chi connectivity index (χ1) is 24.8. The molecule has 1 heterocycles. The van der Waals surface area contributed by atoms with Crippen LogP contribution in [-0.2, 0) is 9.59 Å². The fraction of sp³-hybridized carbons (Fsp3) is 0.0488. The van der Waals surface area contributed by atoms with Crippen LogP contribution in [0.3, 0.4) is 0 Å². The lowest BCUT2D eigenvalue weighted by atomic mass is 10.1. The summed E-state index contributed by atoms with van der Waals surface area (Å²) in [6.07, 6.45) is 1.49. The van der Waals surface area contributed by atoms with Crippen LogP contribution >= 0.6 is 27.7 Å². The van der Waals surface area contributed by atoms with E-state index in [0.717, 1.165) is 20.5 Å². The quantitative estimate of drug-likeness (QED) is 0.0848. The maximum atomic E-state index is 13.6. The number of nitrogens with one attached hydrogen (secondary N) is 3. The topological polar surface area (TPSA) is 110 Å². The molecule has 0 aliphatic carbocycles. The normalized spacial score (nSPS) is 11.7. The lowest BCUT2D eigenvalue weighted by molar-refractivity contribution is -0.116. The molecule has 6 rings (SSSR count). The summed E-state index contributed by atoms with van der Waals surface area (Å²) in [6.45, 7) is 0. The molecule has 254 valence electrons. The first-order valence-corrected chi connectivity index (χ1v) is 17.5. The van der Waals surface area contributed by atoms with Crippen molar-refractivity contribution in [3.05, 3.63) is 173 Å². The van der Waals surface area contributed by atoms with Crippen LogP contribution in [0, 0.1) is 0 Å². The third kappa shape index (κ3) is 9.45. The standard InChI is InChI=1S/C41H32BrN3O5S/c1-49-33-14-8-13-32(25-33)44-41(48)38(28-9-4-2-5-10-28)51-35-22-19-31(20-23-35)43-40(47)36(45-39(46)29-11-6-3-7-12-29)26-34-21-24-37(50-34)27-15-17-30(42)18-16-27/h2-26,38H,1H3,(H,43,47)(H,44,48)(H,45,46)/b36-26-/t38-/m1/s1. The van der Waals surface area contributed by atoms with E-state index in [4.69, 9.17) is 9.15 Å². The Balaban J connectivity index is 1.20. The number of anilines is 2. The van der Waals surface area contributed by atoms with Gasteiger partial charge in [-0.25, -0.2) is 0 Å². The van der Waals surface area contributed by atoms with E-state index in [1.54, 1.807) is 61.7 Å². The summed E-state index contributed by atoms with van der Waals surface area (Å²) in [5.74, 6) is 0.464. The van der Waals surface area contributed by atoms with E-state index in [2.05, 4.69) is 31.9 Å². The highest BCUT2D eigenvalue weighted by Crippen LogP contribution is 2.37. The summed E-state index contributed by atoms with van der Waals surface area (Å²) in [5.41, 5.74) is 3.22. The molecule has 3 N–H and O–H groups in total. The molecule has 0 fully saturated rings. The number of hydrogen-bond acceptors (Lipinski definition) is 6. The van der Waals surface area contributed by atoms with E-state index in [-0.39, 0.29) is 11.6 Å². The Labute approximate surface area is 308 Å². The molecule has 10 heteroatoms. The number of carbonyl (C=O) groups is 3. The van der Waals surface area contributed by atoms with Gasteiger partial charge in [0, 0.05) is 44.0 Å². The van der Waals surface area contributed by atoms with Crippen molar-refractivity contribution < 1.29 is 23.5 Å². The monoisotopic (exact) mass is 757 g/mol. The molecule has 3 amide bonds. The minimum Gasteiger partial charge on any atom is -0.497 e. The second kappa shape index (κ2) is 16.7. The van der Waals surface area contributed by atoms with Gasteiger partial charge in [0.1, 0.15) is 28.2 Å².